The zero-order valence-corrected chi connectivity index (χ0v) is 16.5. The number of nitro benzene ring substituents is 1. The molecule has 9 heteroatoms. The van der Waals surface area contributed by atoms with E-state index < -0.39 is 20.9 Å². The van der Waals surface area contributed by atoms with Crippen molar-refractivity contribution in [1.29, 1.82) is 0 Å². The first kappa shape index (κ1) is 21.5. The van der Waals surface area contributed by atoms with Gasteiger partial charge in [-0.3, -0.25) is 14.9 Å². The molecule has 0 unspecified atom stereocenters. The van der Waals surface area contributed by atoms with Gasteiger partial charge in [0.2, 0.25) is 10.0 Å². The molecule has 0 atom stereocenters. The largest absolute Gasteiger partial charge is 0.461 e. The van der Waals surface area contributed by atoms with Crippen LogP contribution < -0.4 is 4.72 Å². The van der Waals surface area contributed by atoms with Crippen molar-refractivity contribution in [1.82, 2.24) is 4.72 Å². The number of esters is 1. The van der Waals surface area contributed by atoms with E-state index >= 15 is 0 Å². The topological polar surface area (TPSA) is 116 Å². The Bertz CT molecular complexity index is 955. The van der Waals surface area contributed by atoms with E-state index in [1.165, 1.54) is 24.3 Å². The summed E-state index contributed by atoms with van der Waals surface area (Å²) in [7, 11) is -3.62. The highest BCUT2D eigenvalue weighted by Gasteiger charge is 2.14. The van der Waals surface area contributed by atoms with Crippen LogP contribution in [0.2, 0.25) is 0 Å². The van der Waals surface area contributed by atoms with Gasteiger partial charge in [0.05, 0.1) is 9.82 Å². The zero-order chi connectivity index (χ0) is 20.7. The molecule has 0 amide bonds. The van der Waals surface area contributed by atoms with Crippen LogP contribution in [-0.4, -0.2) is 25.9 Å². The molecule has 0 spiro atoms. The minimum Gasteiger partial charge on any atom is -0.461 e. The third-order valence-corrected chi connectivity index (χ3v) is 5.64. The summed E-state index contributed by atoms with van der Waals surface area (Å²) in [5.74, 6) is -0.469. The quantitative estimate of drug-likeness (QED) is 0.296. The second-order valence-corrected chi connectivity index (χ2v) is 8.10. The Labute approximate surface area is 163 Å². The van der Waals surface area contributed by atoms with Crippen LogP contribution in [0.5, 0.6) is 0 Å². The van der Waals surface area contributed by atoms with Crippen LogP contribution in [0.4, 0.5) is 5.69 Å². The van der Waals surface area contributed by atoms with E-state index in [0.717, 1.165) is 11.1 Å². The van der Waals surface area contributed by atoms with Gasteiger partial charge in [-0.2, -0.15) is 0 Å². The molecule has 8 nitrogen and oxygen atoms in total. The smallest absolute Gasteiger partial charge is 0.306 e. The number of nitro groups is 1. The first-order valence-electron chi connectivity index (χ1n) is 8.65. The van der Waals surface area contributed by atoms with Crippen LogP contribution in [0.3, 0.4) is 0 Å². The molecular weight excluding hydrogens is 384 g/mol. The van der Waals surface area contributed by atoms with E-state index in [1.807, 2.05) is 13.8 Å². The molecule has 0 saturated heterocycles. The van der Waals surface area contributed by atoms with Crippen LogP contribution in [0.15, 0.2) is 47.4 Å². The Morgan fingerprint density at radius 3 is 2.39 bits per heavy atom. The number of aryl methyl sites for hydroxylation is 2. The van der Waals surface area contributed by atoms with Crippen molar-refractivity contribution in [2.45, 2.75) is 38.2 Å². The van der Waals surface area contributed by atoms with E-state index in [2.05, 4.69) is 4.72 Å². The molecule has 1 N–H and O–H groups in total. The molecule has 2 aromatic carbocycles. The Hall–Kier alpha value is -2.78. The third-order valence-electron chi connectivity index (χ3n) is 4.19. The van der Waals surface area contributed by atoms with Gasteiger partial charge >= 0.3 is 5.97 Å². The van der Waals surface area contributed by atoms with Gasteiger partial charge < -0.3 is 4.74 Å². The highest BCUT2D eigenvalue weighted by molar-refractivity contribution is 7.89. The van der Waals surface area contributed by atoms with Crippen molar-refractivity contribution in [2.24, 2.45) is 0 Å². The molecule has 0 aliphatic rings. The number of nitrogens with zero attached hydrogens (tertiary/aromatic N) is 1. The molecule has 150 valence electrons. The minimum atomic E-state index is -3.62. The number of benzene rings is 2. The van der Waals surface area contributed by atoms with Crippen molar-refractivity contribution < 1.29 is 22.9 Å². The molecule has 0 aromatic heterocycles. The molecule has 0 aliphatic heterocycles. The number of non-ortho nitro benzene ring substituents is 1. The number of rotatable bonds is 9. The number of carbonyl (C=O) groups excluding carboxylic acids is 1. The molecule has 0 aliphatic carbocycles. The number of hydrogen-bond donors (Lipinski definition) is 1. The normalized spacial score (nSPS) is 11.2. The zero-order valence-electron chi connectivity index (χ0n) is 15.7. The first-order chi connectivity index (χ1) is 13.2. The average molecular weight is 406 g/mol. The van der Waals surface area contributed by atoms with E-state index in [-0.39, 0.29) is 30.2 Å². The number of sulfonamides is 1. The molecule has 0 fully saturated rings. The summed E-state index contributed by atoms with van der Waals surface area (Å²) in [5.41, 5.74) is 2.49. The number of ether oxygens (including phenoxy) is 1. The van der Waals surface area contributed by atoms with Gasteiger partial charge in [-0.15, -0.1) is 0 Å². The lowest BCUT2D eigenvalue weighted by molar-refractivity contribution is -0.384. The van der Waals surface area contributed by atoms with E-state index in [9.17, 15) is 23.3 Å². The van der Waals surface area contributed by atoms with Crippen molar-refractivity contribution in [3.8, 4) is 0 Å². The Balaban J connectivity index is 1.74. The van der Waals surface area contributed by atoms with Gasteiger partial charge in [0, 0.05) is 25.1 Å². The molecule has 0 heterocycles. The fourth-order valence-corrected chi connectivity index (χ4v) is 3.51. The predicted octanol–water partition coefficient (Wildman–Crippen LogP) is 3.01. The van der Waals surface area contributed by atoms with Crippen LogP contribution in [0.25, 0.3) is 0 Å². The summed E-state index contributed by atoms with van der Waals surface area (Å²) in [4.78, 5) is 22.0. The van der Waals surface area contributed by atoms with E-state index in [1.54, 1.807) is 18.2 Å². The maximum atomic E-state index is 12.3. The molecule has 0 radical (unpaired) electrons. The highest BCUT2D eigenvalue weighted by atomic mass is 32.2. The summed E-state index contributed by atoms with van der Waals surface area (Å²) in [6, 6.07) is 10.6. The van der Waals surface area contributed by atoms with Gasteiger partial charge in [-0.25, -0.2) is 13.1 Å². The second-order valence-electron chi connectivity index (χ2n) is 6.33. The first-order valence-corrected chi connectivity index (χ1v) is 10.1. The van der Waals surface area contributed by atoms with Gasteiger partial charge in [-0.05, 0) is 61.2 Å². The number of carbonyl (C=O) groups is 1. The lowest BCUT2D eigenvalue weighted by atomic mass is 10.1. The Kier molecular flexibility index (Phi) is 7.24. The fraction of sp³-hybridized carbons (Fsp3) is 0.316. The van der Waals surface area contributed by atoms with Crippen LogP contribution in [0.1, 0.15) is 29.5 Å². The monoisotopic (exact) mass is 406 g/mol. The summed E-state index contributed by atoms with van der Waals surface area (Å²) < 4.78 is 32.1. The number of nitrogens with one attached hydrogen (secondary N) is 1. The Morgan fingerprint density at radius 2 is 1.79 bits per heavy atom. The Morgan fingerprint density at radius 1 is 1.11 bits per heavy atom. The lowest BCUT2D eigenvalue weighted by Gasteiger charge is -2.09. The molecule has 2 rings (SSSR count). The van der Waals surface area contributed by atoms with E-state index in [0.29, 0.717) is 12.0 Å². The second kappa shape index (κ2) is 9.43. The summed E-state index contributed by atoms with van der Waals surface area (Å²) in [6.45, 7) is 3.86. The van der Waals surface area contributed by atoms with Crippen molar-refractivity contribution in [3.05, 3.63) is 69.3 Å². The SMILES string of the molecule is Cc1ccc(S(=O)(=O)NCCCC(=O)OCc2ccc([N+](=O)[O-])cc2)cc1C. The highest BCUT2D eigenvalue weighted by Crippen LogP contribution is 2.15. The third kappa shape index (κ3) is 6.14. The van der Waals surface area contributed by atoms with Crippen molar-refractivity contribution in [2.75, 3.05) is 6.54 Å². The van der Waals surface area contributed by atoms with Crippen molar-refractivity contribution in [3.63, 3.8) is 0 Å². The summed E-state index contributed by atoms with van der Waals surface area (Å²) >= 11 is 0. The molecule has 0 bridgehead atoms. The molecule has 2 aromatic rings. The average Bonchev–Trinajstić information content (AvgIpc) is 2.66. The fourth-order valence-electron chi connectivity index (χ4n) is 2.35. The van der Waals surface area contributed by atoms with Crippen LogP contribution in [-0.2, 0) is 26.2 Å². The number of hydrogen-bond acceptors (Lipinski definition) is 6. The van der Waals surface area contributed by atoms with Crippen LogP contribution >= 0.6 is 0 Å². The summed E-state index contributed by atoms with van der Waals surface area (Å²) in [6.07, 6.45) is 0.353. The maximum absolute atomic E-state index is 12.3. The summed E-state index contributed by atoms with van der Waals surface area (Å²) in [5, 5.41) is 10.6. The van der Waals surface area contributed by atoms with Gasteiger partial charge in [0.15, 0.2) is 0 Å². The van der Waals surface area contributed by atoms with Gasteiger partial charge in [-0.1, -0.05) is 6.07 Å². The minimum absolute atomic E-state index is 0.00516. The van der Waals surface area contributed by atoms with Crippen molar-refractivity contribution >= 4 is 21.7 Å². The maximum Gasteiger partial charge on any atom is 0.306 e. The van der Waals surface area contributed by atoms with Gasteiger partial charge in [0.1, 0.15) is 6.61 Å². The molecule has 0 saturated carbocycles. The predicted molar refractivity (Wildman–Crippen MR) is 103 cm³/mol. The van der Waals surface area contributed by atoms with Gasteiger partial charge in [0.25, 0.3) is 5.69 Å². The lowest BCUT2D eigenvalue weighted by Crippen LogP contribution is -2.25. The molecular formula is C19H22N2O6S. The van der Waals surface area contributed by atoms with E-state index in [4.69, 9.17) is 4.74 Å². The standard InChI is InChI=1S/C19H22N2O6S/c1-14-5-10-18(12-15(14)2)28(25,26)20-11-3-4-19(22)27-13-16-6-8-17(9-7-16)21(23)24/h5-10,12,20H,3-4,11,13H2,1-2H3. The molecule has 28 heavy (non-hydrogen) atoms. The van der Waals surface area contributed by atoms with Crippen LogP contribution in [0, 0.1) is 24.0 Å².